The Hall–Kier alpha value is -2.74. The Balaban J connectivity index is 2.06. The second-order valence-corrected chi connectivity index (χ2v) is 5.28. The molecule has 2 aromatic carbocycles. The molecule has 4 rings (SSSR count). The van der Waals surface area contributed by atoms with Gasteiger partial charge in [-0.3, -0.25) is 9.78 Å². The highest BCUT2D eigenvalue weighted by molar-refractivity contribution is 6.24. The van der Waals surface area contributed by atoms with Crippen molar-refractivity contribution >= 4 is 5.78 Å². The van der Waals surface area contributed by atoms with Crippen molar-refractivity contribution in [3.63, 3.8) is 0 Å². The van der Waals surface area contributed by atoms with Gasteiger partial charge in [0, 0.05) is 16.8 Å². The van der Waals surface area contributed by atoms with Gasteiger partial charge >= 0.3 is 0 Å². The Kier molecular flexibility index (Phi) is 2.51. The van der Waals surface area contributed by atoms with E-state index in [4.69, 9.17) is 0 Å². The summed E-state index contributed by atoms with van der Waals surface area (Å²) < 4.78 is 0. The number of benzene rings is 2. The Bertz CT molecular complexity index is 866. The van der Waals surface area contributed by atoms with E-state index in [1.807, 2.05) is 67.6 Å². The monoisotopic (exact) mass is 271 g/mol. The first kappa shape index (κ1) is 12.0. The van der Waals surface area contributed by atoms with E-state index in [1.54, 1.807) is 0 Å². The van der Waals surface area contributed by atoms with Crippen LogP contribution in [0, 0.1) is 6.92 Å². The average molecular weight is 271 g/mol. The molecule has 1 aromatic heterocycles. The molecule has 0 amide bonds. The highest BCUT2D eigenvalue weighted by atomic mass is 16.1. The molecular weight excluding hydrogens is 258 g/mol. The SMILES string of the molecule is Cc1cc2c(c(-c3ccccc3)n1)C(=O)c1ccccc1-2. The van der Waals surface area contributed by atoms with E-state index in [-0.39, 0.29) is 5.78 Å². The molecule has 0 saturated heterocycles. The molecule has 0 N–H and O–H groups in total. The molecule has 2 heteroatoms. The minimum absolute atomic E-state index is 0.0759. The number of nitrogens with zero attached hydrogens (tertiary/aromatic N) is 1. The van der Waals surface area contributed by atoms with Crippen molar-refractivity contribution in [1.82, 2.24) is 4.98 Å². The van der Waals surface area contributed by atoms with E-state index in [2.05, 4.69) is 4.98 Å². The fourth-order valence-electron chi connectivity index (χ4n) is 2.97. The van der Waals surface area contributed by atoms with Crippen molar-refractivity contribution in [3.05, 3.63) is 77.5 Å². The third-order valence-corrected chi connectivity index (χ3v) is 3.88. The van der Waals surface area contributed by atoms with Gasteiger partial charge in [0.25, 0.3) is 0 Å². The smallest absolute Gasteiger partial charge is 0.196 e. The molecule has 0 atom stereocenters. The lowest BCUT2D eigenvalue weighted by atomic mass is 10.00. The van der Waals surface area contributed by atoms with Crippen molar-refractivity contribution in [1.29, 1.82) is 0 Å². The van der Waals surface area contributed by atoms with Crippen LogP contribution in [0.15, 0.2) is 60.7 Å². The van der Waals surface area contributed by atoms with Crippen molar-refractivity contribution in [2.45, 2.75) is 6.92 Å². The van der Waals surface area contributed by atoms with Crippen molar-refractivity contribution in [2.24, 2.45) is 0 Å². The third kappa shape index (κ3) is 1.73. The lowest BCUT2D eigenvalue weighted by Crippen LogP contribution is -2.01. The average Bonchev–Trinajstić information content (AvgIpc) is 2.81. The molecule has 3 aromatic rings. The molecule has 2 nitrogen and oxygen atoms in total. The quantitative estimate of drug-likeness (QED) is 0.517. The molecular formula is C19H13NO. The van der Waals surface area contributed by atoms with Crippen LogP contribution in [0.3, 0.4) is 0 Å². The molecule has 0 fully saturated rings. The topological polar surface area (TPSA) is 30.0 Å². The van der Waals surface area contributed by atoms with Crippen LogP contribution in [0.25, 0.3) is 22.4 Å². The zero-order valence-electron chi connectivity index (χ0n) is 11.6. The molecule has 0 bridgehead atoms. The van der Waals surface area contributed by atoms with Gasteiger partial charge in [-0.2, -0.15) is 0 Å². The van der Waals surface area contributed by atoms with E-state index in [1.165, 1.54) is 0 Å². The zero-order valence-corrected chi connectivity index (χ0v) is 11.6. The number of hydrogen-bond acceptors (Lipinski definition) is 2. The Morgan fingerprint density at radius 3 is 2.24 bits per heavy atom. The summed E-state index contributed by atoms with van der Waals surface area (Å²) >= 11 is 0. The minimum atomic E-state index is 0.0759. The predicted molar refractivity (Wildman–Crippen MR) is 83.3 cm³/mol. The van der Waals surface area contributed by atoms with Crippen LogP contribution < -0.4 is 0 Å². The van der Waals surface area contributed by atoms with Gasteiger partial charge in [0.15, 0.2) is 5.78 Å². The second-order valence-electron chi connectivity index (χ2n) is 5.28. The van der Waals surface area contributed by atoms with Gasteiger partial charge < -0.3 is 0 Å². The molecule has 0 unspecified atom stereocenters. The Labute approximate surface area is 123 Å². The number of hydrogen-bond donors (Lipinski definition) is 0. The predicted octanol–water partition coefficient (Wildman–Crippen LogP) is 4.27. The summed E-state index contributed by atoms with van der Waals surface area (Å²) in [6.45, 7) is 1.97. The number of aromatic nitrogens is 1. The zero-order chi connectivity index (χ0) is 14.4. The summed E-state index contributed by atoms with van der Waals surface area (Å²) in [5.74, 6) is 0.0759. The van der Waals surface area contributed by atoms with Gasteiger partial charge in [-0.25, -0.2) is 0 Å². The summed E-state index contributed by atoms with van der Waals surface area (Å²) in [7, 11) is 0. The lowest BCUT2D eigenvalue weighted by molar-refractivity contribution is 0.104. The summed E-state index contributed by atoms with van der Waals surface area (Å²) in [6, 6.07) is 19.7. The molecule has 1 heterocycles. The highest BCUT2D eigenvalue weighted by Gasteiger charge is 2.30. The number of carbonyl (C=O) groups excluding carboxylic acids is 1. The normalized spacial score (nSPS) is 12.1. The Morgan fingerprint density at radius 1 is 0.810 bits per heavy atom. The molecule has 21 heavy (non-hydrogen) atoms. The first-order valence-corrected chi connectivity index (χ1v) is 6.97. The number of fused-ring (bicyclic) bond motifs is 3. The number of carbonyl (C=O) groups is 1. The fraction of sp³-hybridized carbons (Fsp3) is 0.0526. The number of pyridine rings is 1. The van der Waals surface area contributed by atoms with Gasteiger partial charge in [0.1, 0.15) is 0 Å². The van der Waals surface area contributed by atoms with Gasteiger partial charge in [-0.05, 0) is 24.1 Å². The largest absolute Gasteiger partial charge is 0.288 e. The second kappa shape index (κ2) is 4.38. The third-order valence-electron chi connectivity index (χ3n) is 3.88. The Morgan fingerprint density at radius 2 is 1.48 bits per heavy atom. The van der Waals surface area contributed by atoms with E-state index >= 15 is 0 Å². The maximum Gasteiger partial charge on any atom is 0.196 e. The molecule has 0 saturated carbocycles. The first-order valence-electron chi connectivity index (χ1n) is 6.97. The van der Waals surface area contributed by atoms with Gasteiger partial charge in [0.2, 0.25) is 0 Å². The van der Waals surface area contributed by atoms with Crippen molar-refractivity contribution in [2.75, 3.05) is 0 Å². The maximum absolute atomic E-state index is 12.8. The molecule has 100 valence electrons. The minimum Gasteiger partial charge on any atom is -0.288 e. The maximum atomic E-state index is 12.8. The molecule has 0 radical (unpaired) electrons. The fourth-order valence-corrected chi connectivity index (χ4v) is 2.97. The van der Waals surface area contributed by atoms with E-state index < -0.39 is 0 Å². The first-order chi connectivity index (χ1) is 10.3. The van der Waals surface area contributed by atoms with Crippen molar-refractivity contribution < 1.29 is 4.79 Å². The number of rotatable bonds is 1. The van der Waals surface area contributed by atoms with Crippen LogP contribution in [-0.4, -0.2) is 10.8 Å². The summed E-state index contributed by atoms with van der Waals surface area (Å²) in [4.78, 5) is 17.4. The van der Waals surface area contributed by atoms with Crippen LogP contribution >= 0.6 is 0 Å². The lowest BCUT2D eigenvalue weighted by Gasteiger charge is -2.08. The summed E-state index contributed by atoms with van der Waals surface area (Å²) in [5.41, 5.74) is 6.22. The standard InChI is InChI=1S/C19H13NO/c1-12-11-16-14-9-5-6-10-15(14)19(21)17(16)18(20-12)13-7-3-2-4-8-13/h2-11H,1H3. The summed E-state index contributed by atoms with van der Waals surface area (Å²) in [5, 5.41) is 0. The van der Waals surface area contributed by atoms with E-state index in [9.17, 15) is 4.79 Å². The molecule has 1 aliphatic carbocycles. The molecule has 0 spiro atoms. The van der Waals surface area contributed by atoms with Crippen LogP contribution in [0.4, 0.5) is 0 Å². The van der Waals surface area contributed by atoms with Crippen molar-refractivity contribution in [3.8, 4) is 22.4 Å². The van der Waals surface area contributed by atoms with Gasteiger partial charge in [0.05, 0.1) is 11.3 Å². The van der Waals surface area contributed by atoms with Crippen LogP contribution in [0.5, 0.6) is 0 Å². The molecule has 0 aliphatic heterocycles. The van der Waals surface area contributed by atoms with Gasteiger partial charge in [-0.1, -0.05) is 54.6 Å². The highest BCUT2D eigenvalue weighted by Crippen LogP contribution is 2.40. The number of ketones is 1. The summed E-state index contributed by atoms with van der Waals surface area (Å²) in [6.07, 6.45) is 0. The molecule has 1 aliphatic rings. The van der Waals surface area contributed by atoms with E-state index in [0.717, 1.165) is 39.2 Å². The number of aryl methyl sites for hydroxylation is 1. The van der Waals surface area contributed by atoms with Crippen LogP contribution in [-0.2, 0) is 0 Å². The van der Waals surface area contributed by atoms with Gasteiger partial charge in [-0.15, -0.1) is 0 Å². The van der Waals surface area contributed by atoms with Crippen LogP contribution in [0.2, 0.25) is 0 Å². The van der Waals surface area contributed by atoms with Crippen LogP contribution in [0.1, 0.15) is 21.6 Å². The van der Waals surface area contributed by atoms with E-state index in [0.29, 0.717) is 0 Å².